The molecule has 6 heteroatoms. The fourth-order valence-electron chi connectivity index (χ4n) is 1.98. The Labute approximate surface area is 127 Å². The van der Waals surface area contributed by atoms with Gasteiger partial charge in [0.25, 0.3) is 0 Å². The number of rotatable bonds is 6. The van der Waals surface area contributed by atoms with E-state index >= 15 is 0 Å². The minimum atomic E-state index is 0.658. The molecule has 0 aliphatic rings. The fourth-order valence-corrected chi connectivity index (χ4v) is 2.59. The van der Waals surface area contributed by atoms with Gasteiger partial charge in [-0.15, -0.1) is 5.10 Å². The molecule has 1 aromatic heterocycles. The van der Waals surface area contributed by atoms with E-state index in [4.69, 9.17) is 16.9 Å². The quantitative estimate of drug-likeness (QED) is 0.820. The summed E-state index contributed by atoms with van der Waals surface area (Å²) in [5.41, 5.74) is 2.69. The molecular formula is C14H15ClN4S. The van der Waals surface area contributed by atoms with Gasteiger partial charge >= 0.3 is 0 Å². The monoisotopic (exact) mass is 306 g/mol. The fraction of sp³-hybridized carbons (Fsp3) is 0.357. The van der Waals surface area contributed by atoms with Gasteiger partial charge < -0.3 is 0 Å². The summed E-state index contributed by atoms with van der Waals surface area (Å²) in [5.74, 6) is 0. The number of nitrogens with zero attached hydrogens (tertiary/aromatic N) is 4. The first-order valence-electron chi connectivity index (χ1n) is 6.41. The zero-order valence-electron chi connectivity index (χ0n) is 11.2. The molecule has 0 aliphatic carbocycles. The van der Waals surface area contributed by atoms with Gasteiger partial charge in [0.2, 0.25) is 0 Å². The molecule has 0 aliphatic heterocycles. The molecule has 2 aromatic rings. The summed E-state index contributed by atoms with van der Waals surface area (Å²) in [6.07, 6.45) is 1.06. The van der Waals surface area contributed by atoms with Crippen LogP contribution in [0.3, 0.4) is 0 Å². The smallest absolute Gasteiger partial charge is 0.138 e. The van der Waals surface area contributed by atoms with Crippen molar-refractivity contribution in [2.75, 3.05) is 6.54 Å². The Kier molecular flexibility index (Phi) is 5.48. The molecule has 0 fully saturated rings. The highest BCUT2D eigenvalue weighted by atomic mass is 35.5. The molecule has 1 aromatic carbocycles. The zero-order chi connectivity index (χ0) is 14.4. The first-order chi connectivity index (χ1) is 9.72. The number of halogens is 1. The van der Waals surface area contributed by atoms with Crippen LogP contribution >= 0.6 is 23.1 Å². The van der Waals surface area contributed by atoms with E-state index < -0.39 is 0 Å². The molecule has 0 unspecified atom stereocenters. The van der Waals surface area contributed by atoms with Crippen molar-refractivity contribution in [1.29, 1.82) is 5.26 Å². The molecule has 4 nitrogen and oxygen atoms in total. The van der Waals surface area contributed by atoms with Gasteiger partial charge in [0.05, 0.1) is 11.6 Å². The van der Waals surface area contributed by atoms with E-state index in [1.807, 2.05) is 24.3 Å². The van der Waals surface area contributed by atoms with Crippen molar-refractivity contribution in [3.8, 4) is 6.07 Å². The van der Waals surface area contributed by atoms with Crippen LogP contribution in [0.15, 0.2) is 24.3 Å². The Morgan fingerprint density at radius 3 is 2.60 bits per heavy atom. The summed E-state index contributed by atoms with van der Waals surface area (Å²) in [5, 5.41) is 12.9. The topological polar surface area (TPSA) is 52.8 Å². The average molecular weight is 307 g/mol. The van der Waals surface area contributed by atoms with Crippen molar-refractivity contribution in [3.63, 3.8) is 0 Å². The minimum Gasteiger partial charge on any atom is -0.293 e. The van der Waals surface area contributed by atoms with Crippen molar-refractivity contribution < 1.29 is 0 Å². The summed E-state index contributed by atoms with van der Waals surface area (Å²) >= 11 is 7.27. The second-order valence-corrected chi connectivity index (χ2v) is 5.87. The van der Waals surface area contributed by atoms with E-state index in [9.17, 15) is 0 Å². The lowest BCUT2D eigenvalue weighted by atomic mass is 10.1. The van der Waals surface area contributed by atoms with Crippen LogP contribution in [0.25, 0.3) is 0 Å². The van der Waals surface area contributed by atoms with E-state index in [1.54, 1.807) is 0 Å². The molecule has 0 amide bonds. The third-order valence-corrected chi connectivity index (χ3v) is 3.90. The number of nitriles is 1. The van der Waals surface area contributed by atoms with Gasteiger partial charge in [-0.2, -0.15) is 5.26 Å². The highest BCUT2D eigenvalue weighted by Crippen LogP contribution is 2.20. The molecule has 0 spiro atoms. The van der Waals surface area contributed by atoms with E-state index in [0.29, 0.717) is 16.4 Å². The molecule has 0 atom stereocenters. The van der Waals surface area contributed by atoms with E-state index in [1.165, 1.54) is 17.1 Å². The SMILES string of the molecule is CCCN(Cc1ccc(C#N)cc1)Cc1nnsc1Cl. The molecule has 0 bridgehead atoms. The highest BCUT2D eigenvalue weighted by Gasteiger charge is 2.12. The Balaban J connectivity index is 2.05. The Morgan fingerprint density at radius 1 is 1.30 bits per heavy atom. The van der Waals surface area contributed by atoms with Crippen molar-refractivity contribution in [2.24, 2.45) is 0 Å². The van der Waals surface area contributed by atoms with Gasteiger partial charge in [0.1, 0.15) is 10.0 Å². The molecule has 0 N–H and O–H groups in total. The molecule has 1 heterocycles. The number of hydrogen-bond acceptors (Lipinski definition) is 5. The van der Waals surface area contributed by atoms with Crippen molar-refractivity contribution in [3.05, 3.63) is 45.4 Å². The number of aromatic nitrogens is 2. The zero-order valence-corrected chi connectivity index (χ0v) is 12.8. The van der Waals surface area contributed by atoms with Crippen LogP contribution in [0.5, 0.6) is 0 Å². The molecule has 0 saturated heterocycles. The molecule has 104 valence electrons. The molecule has 20 heavy (non-hydrogen) atoms. The van der Waals surface area contributed by atoms with Gasteiger partial charge in [0, 0.05) is 24.6 Å². The highest BCUT2D eigenvalue weighted by molar-refractivity contribution is 7.10. The molecule has 2 rings (SSSR count). The summed E-state index contributed by atoms with van der Waals surface area (Å²) in [6, 6.07) is 9.79. The lowest BCUT2D eigenvalue weighted by Crippen LogP contribution is -2.24. The van der Waals surface area contributed by atoms with Crippen LogP contribution in [0.2, 0.25) is 4.34 Å². The Hall–Kier alpha value is -1.48. The van der Waals surface area contributed by atoms with Gasteiger partial charge in [-0.25, -0.2) is 0 Å². The summed E-state index contributed by atoms with van der Waals surface area (Å²) in [7, 11) is 0. The van der Waals surface area contributed by atoms with E-state index in [0.717, 1.165) is 25.2 Å². The maximum absolute atomic E-state index is 8.81. The third-order valence-electron chi connectivity index (χ3n) is 2.91. The Bertz CT molecular complexity index is 588. The van der Waals surface area contributed by atoms with Crippen LogP contribution in [-0.2, 0) is 13.1 Å². The van der Waals surface area contributed by atoms with Gasteiger partial charge in [0.15, 0.2) is 0 Å². The van der Waals surface area contributed by atoms with E-state index in [2.05, 4.69) is 27.5 Å². The molecule has 0 radical (unpaired) electrons. The van der Waals surface area contributed by atoms with Gasteiger partial charge in [-0.05, 0) is 30.7 Å². The van der Waals surface area contributed by atoms with Crippen molar-refractivity contribution in [2.45, 2.75) is 26.4 Å². The lowest BCUT2D eigenvalue weighted by Gasteiger charge is -2.20. The van der Waals surface area contributed by atoms with Crippen LogP contribution in [-0.4, -0.2) is 21.0 Å². The van der Waals surface area contributed by atoms with Crippen LogP contribution in [0, 0.1) is 11.3 Å². The maximum Gasteiger partial charge on any atom is 0.138 e. The standard InChI is InChI=1S/C14H15ClN4S/c1-2-7-19(10-13-14(15)20-18-17-13)9-12-5-3-11(8-16)4-6-12/h3-6H,2,7,9-10H2,1H3. The van der Waals surface area contributed by atoms with Crippen molar-refractivity contribution in [1.82, 2.24) is 14.5 Å². The molecule has 0 saturated carbocycles. The summed E-state index contributed by atoms with van der Waals surface area (Å²) < 4.78 is 4.52. The van der Waals surface area contributed by atoms with E-state index in [-0.39, 0.29) is 0 Å². The second-order valence-electron chi connectivity index (χ2n) is 4.51. The second kappa shape index (κ2) is 7.34. The van der Waals surface area contributed by atoms with Crippen LogP contribution in [0.1, 0.15) is 30.2 Å². The van der Waals surface area contributed by atoms with Gasteiger partial charge in [-0.1, -0.05) is 35.1 Å². The first kappa shape index (κ1) is 14.9. The predicted molar refractivity (Wildman–Crippen MR) is 80.5 cm³/mol. The Morgan fingerprint density at radius 2 is 2.05 bits per heavy atom. The lowest BCUT2D eigenvalue weighted by molar-refractivity contribution is 0.254. The van der Waals surface area contributed by atoms with Crippen LogP contribution < -0.4 is 0 Å². The largest absolute Gasteiger partial charge is 0.293 e. The van der Waals surface area contributed by atoms with Crippen LogP contribution in [0.4, 0.5) is 0 Å². The minimum absolute atomic E-state index is 0.658. The average Bonchev–Trinajstić information content (AvgIpc) is 2.85. The first-order valence-corrected chi connectivity index (χ1v) is 7.56. The maximum atomic E-state index is 8.81. The predicted octanol–water partition coefficient (Wildman–Crippen LogP) is 3.48. The van der Waals surface area contributed by atoms with Crippen molar-refractivity contribution >= 4 is 23.1 Å². The van der Waals surface area contributed by atoms with Gasteiger partial charge in [-0.3, -0.25) is 4.90 Å². The number of hydrogen-bond donors (Lipinski definition) is 0. The normalized spacial score (nSPS) is 10.7. The third kappa shape index (κ3) is 4.01. The number of benzene rings is 1. The molecular weight excluding hydrogens is 292 g/mol. The summed E-state index contributed by atoms with van der Waals surface area (Å²) in [6.45, 7) is 4.62. The summed E-state index contributed by atoms with van der Waals surface area (Å²) in [4.78, 5) is 2.28.